The van der Waals surface area contributed by atoms with Crippen molar-refractivity contribution in [2.24, 2.45) is 0 Å². The Hall–Kier alpha value is -3.23. The second-order valence-electron chi connectivity index (χ2n) is 8.56. The maximum atomic E-state index is 12.8. The molecule has 1 N–H and O–H groups in total. The van der Waals surface area contributed by atoms with Crippen LogP contribution in [0.5, 0.6) is 17.2 Å². The number of carbonyl (C=O) groups is 2. The summed E-state index contributed by atoms with van der Waals surface area (Å²) in [6.07, 6.45) is -3.13. The molecule has 4 rings (SSSR count). The molecule has 3 aromatic carbocycles. The van der Waals surface area contributed by atoms with E-state index in [1.54, 1.807) is 30.3 Å². The van der Waals surface area contributed by atoms with Crippen LogP contribution in [0, 0.1) is 0 Å². The minimum Gasteiger partial charge on any atom is -0.493 e. The van der Waals surface area contributed by atoms with Gasteiger partial charge in [-0.1, -0.05) is 29.3 Å². The van der Waals surface area contributed by atoms with Crippen LogP contribution < -0.4 is 9.47 Å². The van der Waals surface area contributed by atoms with Gasteiger partial charge in [-0.25, -0.2) is 0 Å². The van der Waals surface area contributed by atoms with Crippen LogP contribution >= 0.6 is 23.2 Å². The van der Waals surface area contributed by atoms with E-state index in [0.717, 1.165) is 12.1 Å². The number of carboxylic acid groups (broad SMARTS) is 1. The maximum absolute atomic E-state index is 12.8. The van der Waals surface area contributed by atoms with E-state index in [1.807, 2.05) is 0 Å². The number of aliphatic carboxylic acids is 1. The Morgan fingerprint density at radius 2 is 1.76 bits per heavy atom. The monoisotopic (exact) mass is 552 g/mol. The molecule has 1 unspecified atom stereocenters. The summed E-state index contributed by atoms with van der Waals surface area (Å²) in [5.74, 6) is -0.667. The molecule has 194 valence electrons. The minimum absolute atomic E-state index is 0.0218. The highest BCUT2D eigenvalue weighted by Crippen LogP contribution is 2.42. The topological polar surface area (TPSA) is 72.8 Å². The SMILES string of the molecule is O=C(CCCc1ccc(C(F)(F)F)cc1Cl)c1ccc(Oc2cc3c(cc2Cl)C(C(=O)O)CCO3)cc1. The molecule has 1 aliphatic heterocycles. The molecule has 0 saturated heterocycles. The summed E-state index contributed by atoms with van der Waals surface area (Å²) in [7, 11) is 0. The number of ether oxygens (including phenoxy) is 2. The number of halogens is 5. The zero-order chi connectivity index (χ0) is 26.7. The Balaban J connectivity index is 1.36. The Kier molecular flexibility index (Phi) is 7.99. The summed E-state index contributed by atoms with van der Waals surface area (Å²) < 4.78 is 49.7. The molecule has 1 atom stereocenters. The smallest absolute Gasteiger partial charge is 0.416 e. The maximum Gasteiger partial charge on any atom is 0.416 e. The third-order valence-electron chi connectivity index (χ3n) is 6.04. The predicted octanol–water partition coefficient (Wildman–Crippen LogP) is 7.96. The Labute approximate surface area is 220 Å². The number of ketones is 1. The van der Waals surface area contributed by atoms with Crippen LogP contribution in [0.4, 0.5) is 13.2 Å². The Morgan fingerprint density at radius 1 is 1.03 bits per heavy atom. The second kappa shape index (κ2) is 11.0. The molecule has 0 bridgehead atoms. The van der Waals surface area contributed by atoms with Gasteiger partial charge in [0.05, 0.1) is 23.1 Å². The van der Waals surface area contributed by atoms with E-state index in [-0.39, 0.29) is 28.9 Å². The first-order valence-corrected chi connectivity index (χ1v) is 12.1. The number of Topliss-reactive ketones (excluding diaryl/α,β-unsaturated/α-hetero) is 1. The first-order valence-electron chi connectivity index (χ1n) is 11.4. The fourth-order valence-electron chi connectivity index (χ4n) is 4.07. The second-order valence-corrected chi connectivity index (χ2v) is 9.37. The van der Waals surface area contributed by atoms with Gasteiger partial charge in [0, 0.05) is 28.6 Å². The molecular weight excluding hydrogens is 532 g/mol. The van der Waals surface area contributed by atoms with Gasteiger partial charge in [0.1, 0.15) is 17.2 Å². The van der Waals surface area contributed by atoms with Crippen molar-refractivity contribution in [3.63, 3.8) is 0 Å². The van der Waals surface area contributed by atoms with E-state index < -0.39 is 23.6 Å². The molecule has 0 aliphatic carbocycles. The summed E-state index contributed by atoms with van der Waals surface area (Å²) in [4.78, 5) is 24.1. The molecule has 1 heterocycles. The average molecular weight is 553 g/mol. The Bertz CT molecular complexity index is 1320. The molecule has 0 amide bonds. The minimum atomic E-state index is -4.46. The quantitative estimate of drug-likeness (QED) is 0.287. The number of benzene rings is 3. The van der Waals surface area contributed by atoms with Gasteiger partial charge in [0.15, 0.2) is 5.78 Å². The first kappa shape index (κ1) is 26.8. The largest absolute Gasteiger partial charge is 0.493 e. The van der Waals surface area contributed by atoms with Crippen LogP contribution in [-0.4, -0.2) is 23.5 Å². The molecule has 3 aromatic rings. The molecule has 0 spiro atoms. The van der Waals surface area contributed by atoms with Crippen molar-refractivity contribution >= 4 is 35.0 Å². The number of hydrogen-bond donors (Lipinski definition) is 1. The van der Waals surface area contributed by atoms with Crippen LogP contribution in [0.3, 0.4) is 0 Å². The lowest BCUT2D eigenvalue weighted by atomic mass is 9.93. The number of carboxylic acids is 1. The van der Waals surface area contributed by atoms with E-state index >= 15 is 0 Å². The van der Waals surface area contributed by atoms with E-state index in [9.17, 15) is 27.9 Å². The highest BCUT2D eigenvalue weighted by Gasteiger charge is 2.31. The van der Waals surface area contributed by atoms with Gasteiger partial charge in [-0.05, 0) is 67.3 Å². The molecule has 0 fully saturated rings. The molecule has 5 nitrogen and oxygen atoms in total. The third-order valence-corrected chi connectivity index (χ3v) is 6.68. The zero-order valence-electron chi connectivity index (χ0n) is 19.3. The van der Waals surface area contributed by atoms with Gasteiger partial charge in [0.25, 0.3) is 0 Å². The van der Waals surface area contributed by atoms with Crippen LogP contribution in [-0.2, 0) is 17.4 Å². The molecule has 10 heteroatoms. The van der Waals surface area contributed by atoms with Crippen molar-refractivity contribution in [3.05, 3.63) is 86.9 Å². The van der Waals surface area contributed by atoms with E-state index in [4.69, 9.17) is 32.7 Å². The van der Waals surface area contributed by atoms with Gasteiger partial charge >= 0.3 is 12.1 Å². The van der Waals surface area contributed by atoms with Crippen molar-refractivity contribution < 1.29 is 37.3 Å². The van der Waals surface area contributed by atoms with Gasteiger partial charge in [0.2, 0.25) is 0 Å². The van der Waals surface area contributed by atoms with Crippen molar-refractivity contribution in [2.45, 2.75) is 37.8 Å². The fraction of sp³-hybridized carbons (Fsp3) is 0.259. The molecule has 37 heavy (non-hydrogen) atoms. The molecule has 1 aliphatic rings. The molecular formula is C27H21Cl2F3O5. The number of fused-ring (bicyclic) bond motifs is 1. The van der Waals surface area contributed by atoms with Crippen molar-refractivity contribution in [3.8, 4) is 17.2 Å². The Morgan fingerprint density at radius 3 is 2.41 bits per heavy atom. The number of hydrogen-bond acceptors (Lipinski definition) is 4. The average Bonchev–Trinajstić information content (AvgIpc) is 2.84. The zero-order valence-corrected chi connectivity index (χ0v) is 20.8. The van der Waals surface area contributed by atoms with E-state index in [1.165, 1.54) is 12.1 Å². The number of carbonyl (C=O) groups excluding carboxylic acids is 1. The number of aryl methyl sites for hydroxylation is 1. The summed E-state index contributed by atoms with van der Waals surface area (Å²) in [5, 5.41) is 9.67. The van der Waals surface area contributed by atoms with E-state index in [2.05, 4.69) is 0 Å². The highest BCUT2D eigenvalue weighted by atomic mass is 35.5. The van der Waals surface area contributed by atoms with Crippen LogP contribution in [0.15, 0.2) is 54.6 Å². The molecule has 0 saturated carbocycles. The summed E-state index contributed by atoms with van der Waals surface area (Å²) in [6, 6.07) is 12.7. The van der Waals surface area contributed by atoms with Gasteiger partial charge < -0.3 is 14.6 Å². The lowest BCUT2D eigenvalue weighted by Gasteiger charge is -2.24. The normalized spacial score (nSPS) is 15.0. The van der Waals surface area contributed by atoms with Crippen molar-refractivity contribution in [2.75, 3.05) is 6.61 Å². The third kappa shape index (κ3) is 6.37. The number of rotatable bonds is 8. The summed E-state index contributed by atoms with van der Waals surface area (Å²) in [6.45, 7) is 0.271. The predicted molar refractivity (Wildman–Crippen MR) is 132 cm³/mol. The molecule has 0 aromatic heterocycles. The number of alkyl halides is 3. The van der Waals surface area contributed by atoms with Gasteiger partial charge in [-0.2, -0.15) is 13.2 Å². The van der Waals surface area contributed by atoms with Crippen LogP contribution in [0.1, 0.15) is 52.2 Å². The first-order chi connectivity index (χ1) is 17.5. The van der Waals surface area contributed by atoms with Gasteiger partial charge in [-0.15, -0.1) is 0 Å². The standard InChI is InChI=1S/C27H21Cl2F3O5/c28-21-12-17(27(30,31)32)7-4-15(21)2-1-3-23(33)16-5-8-18(9-6-16)37-25-14-24-20(13-22(25)29)19(26(34)35)10-11-36-24/h4-9,12-14,19H,1-3,10-11H2,(H,34,35). The highest BCUT2D eigenvalue weighted by molar-refractivity contribution is 6.32. The van der Waals surface area contributed by atoms with Crippen LogP contribution in [0.25, 0.3) is 0 Å². The fourth-order valence-corrected chi connectivity index (χ4v) is 4.56. The van der Waals surface area contributed by atoms with Crippen molar-refractivity contribution in [1.29, 1.82) is 0 Å². The molecule has 0 radical (unpaired) electrons. The van der Waals surface area contributed by atoms with Gasteiger partial charge in [-0.3, -0.25) is 9.59 Å². The summed E-state index contributed by atoms with van der Waals surface area (Å²) in [5.41, 5.74) is 0.685. The van der Waals surface area contributed by atoms with Crippen molar-refractivity contribution in [1.82, 2.24) is 0 Å². The lowest BCUT2D eigenvalue weighted by Crippen LogP contribution is -2.20. The van der Waals surface area contributed by atoms with E-state index in [0.29, 0.717) is 53.2 Å². The summed E-state index contributed by atoms with van der Waals surface area (Å²) >= 11 is 12.3. The van der Waals surface area contributed by atoms with Crippen LogP contribution in [0.2, 0.25) is 10.0 Å². The lowest BCUT2D eigenvalue weighted by molar-refractivity contribution is -0.139.